The summed E-state index contributed by atoms with van der Waals surface area (Å²) in [6, 6.07) is 9.13. The lowest BCUT2D eigenvalue weighted by molar-refractivity contribution is 0.187. The van der Waals surface area contributed by atoms with Crippen LogP contribution in [0.15, 0.2) is 24.3 Å². The smallest absolute Gasteiger partial charge is 0.120 e. The summed E-state index contributed by atoms with van der Waals surface area (Å²) in [5.41, 5.74) is 1.34. The van der Waals surface area contributed by atoms with Gasteiger partial charge < -0.3 is 10.1 Å². The number of piperidine rings is 1. The van der Waals surface area contributed by atoms with Gasteiger partial charge in [0.2, 0.25) is 0 Å². The molecule has 3 heteroatoms. The van der Waals surface area contributed by atoms with Crippen LogP contribution in [-0.4, -0.2) is 37.2 Å². The van der Waals surface area contributed by atoms with Gasteiger partial charge >= 0.3 is 0 Å². The van der Waals surface area contributed by atoms with Crippen molar-refractivity contribution in [3.63, 3.8) is 0 Å². The second-order valence-electron chi connectivity index (χ2n) is 5.68. The van der Waals surface area contributed by atoms with Crippen LogP contribution in [-0.2, 0) is 6.54 Å². The first-order chi connectivity index (χ1) is 9.17. The van der Waals surface area contributed by atoms with Crippen LogP contribution in [0, 0.1) is 0 Å². The first-order valence-corrected chi connectivity index (χ1v) is 7.32. The van der Waals surface area contributed by atoms with Gasteiger partial charge in [-0.3, -0.25) is 4.90 Å². The maximum Gasteiger partial charge on any atom is 0.120 e. The summed E-state index contributed by atoms with van der Waals surface area (Å²) in [5, 5.41) is 3.39. The molecule has 106 valence electrons. The van der Waals surface area contributed by atoms with Crippen LogP contribution in [0.25, 0.3) is 0 Å². The highest BCUT2D eigenvalue weighted by atomic mass is 16.5. The van der Waals surface area contributed by atoms with Gasteiger partial charge in [-0.15, -0.1) is 0 Å². The molecule has 2 rings (SSSR count). The normalized spacial score (nSPS) is 20.7. The van der Waals surface area contributed by atoms with Crippen molar-refractivity contribution < 1.29 is 4.74 Å². The fourth-order valence-electron chi connectivity index (χ4n) is 2.68. The lowest BCUT2D eigenvalue weighted by atomic mass is 10.0. The summed E-state index contributed by atoms with van der Waals surface area (Å²) >= 11 is 0. The number of nitrogens with one attached hydrogen (secondary N) is 1. The first-order valence-electron chi connectivity index (χ1n) is 7.32. The van der Waals surface area contributed by atoms with Gasteiger partial charge in [-0.25, -0.2) is 0 Å². The molecule has 1 saturated heterocycles. The van der Waals surface area contributed by atoms with Crippen LogP contribution in [0.2, 0.25) is 0 Å². The Morgan fingerprint density at radius 1 is 1.42 bits per heavy atom. The van der Waals surface area contributed by atoms with E-state index in [0.717, 1.165) is 18.8 Å². The predicted molar refractivity (Wildman–Crippen MR) is 79.6 cm³/mol. The Bertz CT molecular complexity index is 392. The Morgan fingerprint density at radius 2 is 2.26 bits per heavy atom. The molecule has 1 heterocycles. The summed E-state index contributed by atoms with van der Waals surface area (Å²) in [7, 11) is 2.06. The zero-order valence-corrected chi connectivity index (χ0v) is 12.4. The molecule has 1 aromatic carbocycles. The van der Waals surface area contributed by atoms with Crippen LogP contribution in [0.1, 0.15) is 32.3 Å². The van der Waals surface area contributed by atoms with Gasteiger partial charge in [0.25, 0.3) is 0 Å². The molecule has 1 atom stereocenters. The third kappa shape index (κ3) is 4.51. The summed E-state index contributed by atoms with van der Waals surface area (Å²) in [5.74, 6) is 0.981. The molecular weight excluding hydrogens is 236 g/mol. The van der Waals surface area contributed by atoms with Crippen LogP contribution < -0.4 is 10.1 Å². The molecule has 1 unspecified atom stereocenters. The van der Waals surface area contributed by atoms with Crippen molar-refractivity contribution in [1.29, 1.82) is 0 Å². The van der Waals surface area contributed by atoms with Crippen molar-refractivity contribution in [3.8, 4) is 5.75 Å². The minimum Gasteiger partial charge on any atom is -0.491 e. The molecule has 1 aliphatic heterocycles. The second kappa shape index (κ2) is 6.92. The van der Waals surface area contributed by atoms with E-state index >= 15 is 0 Å². The molecular formula is C16H26N2O. The average molecular weight is 262 g/mol. The molecule has 1 fully saturated rings. The fourth-order valence-corrected chi connectivity index (χ4v) is 2.68. The number of ether oxygens (including phenoxy) is 1. The molecule has 0 aliphatic carbocycles. The first kappa shape index (κ1) is 14.4. The summed E-state index contributed by atoms with van der Waals surface area (Å²) in [6.07, 6.45) is 2.82. The van der Waals surface area contributed by atoms with Gasteiger partial charge in [0, 0.05) is 19.1 Å². The van der Waals surface area contributed by atoms with E-state index in [1.807, 2.05) is 6.07 Å². The minimum absolute atomic E-state index is 0.235. The number of nitrogens with zero attached hydrogens (tertiary/aromatic N) is 1. The average Bonchev–Trinajstić information content (AvgIpc) is 2.38. The Balaban J connectivity index is 1.94. The van der Waals surface area contributed by atoms with Crippen LogP contribution >= 0.6 is 0 Å². The van der Waals surface area contributed by atoms with Gasteiger partial charge in [0.05, 0.1) is 6.10 Å². The molecule has 0 aromatic heterocycles. The number of hydrogen-bond donors (Lipinski definition) is 1. The molecule has 19 heavy (non-hydrogen) atoms. The van der Waals surface area contributed by atoms with E-state index in [2.05, 4.69) is 49.3 Å². The Morgan fingerprint density at radius 3 is 3.00 bits per heavy atom. The molecule has 0 saturated carbocycles. The summed E-state index contributed by atoms with van der Waals surface area (Å²) in [6.45, 7) is 7.50. The fraction of sp³-hybridized carbons (Fsp3) is 0.625. The Kier molecular flexibility index (Phi) is 5.23. The van der Waals surface area contributed by atoms with Crippen LogP contribution in [0.4, 0.5) is 0 Å². The van der Waals surface area contributed by atoms with E-state index < -0.39 is 0 Å². The molecule has 1 N–H and O–H groups in total. The standard InChI is InChI=1S/C16H26N2O/c1-13(2)19-16-8-4-6-14(10-16)11-18-9-5-7-15(12-18)17-3/h4,6,8,10,13,15,17H,5,7,9,11-12H2,1-3H3. The molecule has 0 spiro atoms. The monoisotopic (exact) mass is 262 g/mol. The SMILES string of the molecule is CNC1CCCN(Cc2cccc(OC(C)C)c2)C1. The zero-order valence-electron chi connectivity index (χ0n) is 12.4. The van der Waals surface area contributed by atoms with Crippen molar-refractivity contribution in [2.24, 2.45) is 0 Å². The van der Waals surface area contributed by atoms with Gasteiger partial charge in [-0.05, 0) is 58.0 Å². The zero-order chi connectivity index (χ0) is 13.7. The van der Waals surface area contributed by atoms with Crippen LogP contribution in [0.5, 0.6) is 5.75 Å². The van der Waals surface area contributed by atoms with Crippen molar-refractivity contribution in [1.82, 2.24) is 10.2 Å². The maximum absolute atomic E-state index is 5.76. The molecule has 1 aromatic rings. The maximum atomic E-state index is 5.76. The van der Waals surface area contributed by atoms with Gasteiger partial charge in [-0.1, -0.05) is 12.1 Å². The predicted octanol–water partition coefficient (Wildman–Crippen LogP) is 2.66. The number of hydrogen-bond acceptors (Lipinski definition) is 3. The van der Waals surface area contributed by atoms with E-state index in [9.17, 15) is 0 Å². The Hall–Kier alpha value is -1.06. The molecule has 1 aliphatic rings. The lowest BCUT2D eigenvalue weighted by Crippen LogP contribution is -2.43. The highest BCUT2D eigenvalue weighted by Crippen LogP contribution is 2.18. The molecule has 3 nitrogen and oxygen atoms in total. The quantitative estimate of drug-likeness (QED) is 0.883. The van der Waals surface area contributed by atoms with Crippen molar-refractivity contribution in [3.05, 3.63) is 29.8 Å². The highest BCUT2D eigenvalue weighted by Gasteiger charge is 2.18. The van der Waals surface area contributed by atoms with Crippen molar-refractivity contribution in [2.45, 2.75) is 45.4 Å². The highest BCUT2D eigenvalue weighted by molar-refractivity contribution is 5.28. The summed E-state index contributed by atoms with van der Waals surface area (Å²) < 4.78 is 5.76. The van der Waals surface area contributed by atoms with E-state index in [0.29, 0.717) is 6.04 Å². The van der Waals surface area contributed by atoms with Crippen LogP contribution in [0.3, 0.4) is 0 Å². The molecule has 0 bridgehead atoms. The topological polar surface area (TPSA) is 24.5 Å². The molecule has 0 amide bonds. The Labute approximate surface area is 116 Å². The van der Waals surface area contributed by atoms with Gasteiger partial charge in [-0.2, -0.15) is 0 Å². The minimum atomic E-state index is 0.235. The van der Waals surface area contributed by atoms with E-state index in [1.165, 1.54) is 24.9 Å². The van der Waals surface area contributed by atoms with Crippen molar-refractivity contribution >= 4 is 0 Å². The largest absolute Gasteiger partial charge is 0.491 e. The third-order valence-corrected chi connectivity index (χ3v) is 3.59. The van der Waals surface area contributed by atoms with Gasteiger partial charge in [0.15, 0.2) is 0 Å². The van der Waals surface area contributed by atoms with Gasteiger partial charge in [0.1, 0.15) is 5.75 Å². The third-order valence-electron chi connectivity index (χ3n) is 3.59. The number of likely N-dealkylation sites (N-methyl/N-ethyl adjacent to an activating group) is 1. The summed E-state index contributed by atoms with van der Waals surface area (Å²) in [4.78, 5) is 2.53. The number of benzene rings is 1. The second-order valence-corrected chi connectivity index (χ2v) is 5.68. The molecule has 0 radical (unpaired) electrons. The lowest BCUT2D eigenvalue weighted by Gasteiger charge is -2.32. The van der Waals surface area contributed by atoms with E-state index in [-0.39, 0.29) is 6.10 Å². The number of rotatable bonds is 5. The van der Waals surface area contributed by atoms with E-state index in [4.69, 9.17) is 4.74 Å². The number of likely N-dealkylation sites (tertiary alicyclic amines) is 1. The van der Waals surface area contributed by atoms with E-state index in [1.54, 1.807) is 0 Å². The van der Waals surface area contributed by atoms with Crippen molar-refractivity contribution in [2.75, 3.05) is 20.1 Å².